The van der Waals surface area contributed by atoms with Crippen LogP contribution in [0.2, 0.25) is 0 Å². The lowest BCUT2D eigenvalue weighted by molar-refractivity contribution is 0.401. The lowest BCUT2D eigenvalue weighted by atomic mass is 9.97. The van der Waals surface area contributed by atoms with E-state index in [9.17, 15) is 8.42 Å². The number of benzene rings is 1. The number of sulfonamides is 1. The Hall–Kier alpha value is -1.51. The van der Waals surface area contributed by atoms with Gasteiger partial charge in [0.15, 0.2) is 0 Å². The van der Waals surface area contributed by atoms with E-state index in [1.807, 2.05) is 18.2 Å². The Kier molecular flexibility index (Phi) is 9.74. The quantitative estimate of drug-likeness (QED) is 0.438. The van der Waals surface area contributed by atoms with Crippen LogP contribution in [0, 0.1) is 5.92 Å². The van der Waals surface area contributed by atoms with Crippen LogP contribution >= 0.6 is 11.5 Å². The van der Waals surface area contributed by atoms with Crippen molar-refractivity contribution in [2.24, 2.45) is 5.92 Å². The fraction of sp³-hybridized carbons (Fsp3) is 0.652. The molecular formula is C23H36N4O2S2. The van der Waals surface area contributed by atoms with Crippen molar-refractivity contribution in [3.05, 3.63) is 41.7 Å². The minimum absolute atomic E-state index is 0.257. The van der Waals surface area contributed by atoms with Crippen LogP contribution in [0.15, 0.2) is 30.3 Å². The number of unbranched alkanes of at least 4 members (excludes halogenated alkanes) is 5. The number of hydrogen-bond donors (Lipinski definition) is 1. The van der Waals surface area contributed by atoms with Gasteiger partial charge in [-0.1, -0.05) is 69.4 Å². The third-order valence-corrected chi connectivity index (χ3v) is 8.15. The van der Waals surface area contributed by atoms with Gasteiger partial charge in [0, 0.05) is 37.6 Å². The van der Waals surface area contributed by atoms with Crippen molar-refractivity contribution in [3.63, 3.8) is 0 Å². The maximum Gasteiger partial charge on any atom is 0.211 e. The van der Waals surface area contributed by atoms with Gasteiger partial charge in [-0.15, -0.1) is 0 Å². The number of hydrogen-bond acceptors (Lipinski definition) is 6. The zero-order valence-electron chi connectivity index (χ0n) is 18.6. The molecule has 0 radical (unpaired) electrons. The molecule has 2 aromatic rings. The first-order valence-electron chi connectivity index (χ1n) is 11.6. The van der Waals surface area contributed by atoms with Crippen LogP contribution in [0.25, 0.3) is 0 Å². The van der Waals surface area contributed by atoms with Crippen molar-refractivity contribution in [2.45, 2.75) is 64.7 Å². The van der Waals surface area contributed by atoms with E-state index in [0.29, 0.717) is 12.5 Å². The Morgan fingerprint density at radius 2 is 1.77 bits per heavy atom. The molecule has 1 saturated heterocycles. The second kappa shape index (κ2) is 12.5. The van der Waals surface area contributed by atoms with E-state index in [4.69, 9.17) is 4.98 Å². The first kappa shape index (κ1) is 24.1. The summed E-state index contributed by atoms with van der Waals surface area (Å²) >= 11 is 1.46. The van der Waals surface area contributed by atoms with Crippen molar-refractivity contribution < 1.29 is 8.42 Å². The van der Waals surface area contributed by atoms with E-state index in [1.165, 1.54) is 36.4 Å². The highest BCUT2D eigenvalue weighted by atomic mass is 32.2. The number of aromatic nitrogens is 2. The van der Waals surface area contributed by atoms with E-state index in [-0.39, 0.29) is 5.75 Å². The molecule has 1 fully saturated rings. The summed E-state index contributed by atoms with van der Waals surface area (Å²) < 4.78 is 31.9. The predicted molar refractivity (Wildman–Crippen MR) is 129 cm³/mol. The lowest BCUT2D eigenvalue weighted by Gasteiger charge is -2.31. The van der Waals surface area contributed by atoms with Crippen molar-refractivity contribution in [3.8, 4) is 0 Å². The summed E-state index contributed by atoms with van der Waals surface area (Å²) in [6.45, 7) is 4.56. The molecule has 1 N–H and O–H groups in total. The van der Waals surface area contributed by atoms with Gasteiger partial charge in [0.1, 0.15) is 5.82 Å². The van der Waals surface area contributed by atoms with Gasteiger partial charge in [-0.25, -0.2) is 18.1 Å². The monoisotopic (exact) mass is 464 g/mol. The van der Waals surface area contributed by atoms with Gasteiger partial charge in [0.05, 0.1) is 5.75 Å². The summed E-state index contributed by atoms with van der Waals surface area (Å²) in [6, 6.07) is 10.3. The predicted octanol–water partition coefficient (Wildman–Crippen LogP) is 4.63. The summed E-state index contributed by atoms with van der Waals surface area (Å²) in [5.41, 5.74) is 1.22. The van der Waals surface area contributed by atoms with Crippen molar-refractivity contribution in [1.29, 1.82) is 0 Å². The number of anilines is 1. The van der Waals surface area contributed by atoms with Gasteiger partial charge in [-0.05, 0) is 30.7 Å². The number of piperidine rings is 1. The van der Waals surface area contributed by atoms with Crippen LogP contribution in [0.4, 0.5) is 5.13 Å². The lowest BCUT2D eigenvalue weighted by Crippen LogP contribution is -2.39. The molecule has 0 spiro atoms. The molecular weight excluding hydrogens is 428 g/mol. The Bertz CT molecular complexity index is 863. The molecule has 1 aliphatic rings. The molecule has 0 amide bonds. The second-order valence-electron chi connectivity index (χ2n) is 8.52. The molecule has 0 bridgehead atoms. The zero-order valence-corrected chi connectivity index (χ0v) is 20.3. The van der Waals surface area contributed by atoms with Gasteiger partial charge >= 0.3 is 0 Å². The van der Waals surface area contributed by atoms with Crippen LogP contribution in [0.3, 0.4) is 0 Å². The van der Waals surface area contributed by atoms with Gasteiger partial charge in [0.25, 0.3) is 0 Å². The third kappa shape index (κ3) is 8.50. The highest BCUT2D eigenvalue weighted by Crippen LogP contribution is 2.25. The summed E-state index contributed by atoms with van der Waals surface area (Å²) in [6.07, 6.45) is 9.30. The smallest absolute Gasteiger partial charge is 0.211 e. The minimum atomic E-state index is -3.15. The van der Waals surface area contributed by atoms with Crippen LogP contribution in [-0.4, -0.2) is 43.2 Å². The molecule has 0 unspecified atom stereocenters. The SMILES string of the molecule is CCCCCCCCS(=O)(=O)NCC1CCN(c2nc(Cc3ccccc3)ns2)CC1. The van der Waals surface area contributed by atoms with Gasteiger partial charge in [-0.2, -0.15) is 4.37 Å². The Morgan fingerprint density at radius 3 is 2.52 bits per heavy atom. The van der Waals surface area contributed by atoms with Crippen LogP contribution < -0.4 is 9.62 Å². The second-order valence-corrected chi connectivity index (χ2v) is 11.2. The van der Waals surface area contributed by atoms with Gasteiger partial charge in [0.2, 0.25) is 15.2 Å². The van der Waals surface area contributed by atoms with Crippen LogP contribution in [0.1, 0.15) is 69.7 Å². The van der Waals surface area contributed by atoms with Crippen LogP contribution in [0.5, 0.6) is 0 Å². The first-order valence-corrected chi connectivity index (χ1v) is 14.1. The highest BCUT2D eigenvalue weighted by Gasteiger charge is 2.23. The average molecular weight is 465 g/mol. The van der Waals surface area contributed by atoms with Gasteiger partial charge < -0.3 is 4.90 Å². The van der Waals surface area contributed by atoms with E-state index in [0.717, 1.165) is 62.6 Å². The van der Waals surface area contributed by atoms with Crippen molar-refractivity contribution in [1.82, 2.24) is 14.1 Å². The number of rotatable bonds is 13. The molecule has 0 atom stereocenters. The molecule has 1 aromatic carbocycles. The molecule has 3 rings (SSSR count). The molecule has 6 nitrogen and oxygen atoms in total. The fourth-order valence-electron chi connectivity index (χ4n) is 3.94. The molecule has 31 heavy (non-hydrogen) atoms. The number of nitrogens with zero attached hydrogens (tertiary/aromatic N) is 3. The van der Waals surface area contributed by atoms with Crippen molar-refractivity contribution >= 4 is 26.7 Å². The molecule has 1 aliphatic heterocycles. The van der Waals surface area contributed by atoms with Gasteiger partial charge in [-0.3, -0.25) is 0 Å². The largest absolute Gasteiger partial charge is 0.347 e. The normalized spacial score (nSPS) is 15.5. The maximum absolute atomic E-state index is 12.3. The summed E-state index contributed by atoms with van der Waals surface area (Å²) in [4.78, 5) is 7.01. The summed E-state index contributed by atoms with van der Waals surface area (Å²) in [5, 5.41) is 0.980. The summed E-state index contributed by atoms with van der Waals surface area (Å²) in [7, 11) is -3.15. The topological polar surface area (TPSA) is 75.2 Å². The highest BCUT2D eigenvalue weighted by molar-refractivity contribution is 7.89. The third-order valence-electron chi connectivity index (χ3n) is 5.91. The average Bonchev–Trinajstić information content (AvgIpc) is 3.24. The first-order chi connectivity index (χ1) is 15.1. The van der Waals surface area contributed by atoms with E-state index < -0.39 is 10.0 Å². The van der Waals surface area contributed by atoms with Crippen molar-refractivity contribution in [2.75, 3.05) is 30.3 Å². The Morgan fingerprint density at radius 1 is 1.06 bits per heavy atom. The molecule has 2 heterocycles. The molecule has 0 saturated carbocycles. The van der Waals surface area contributed by atoms with E-state index in [1.54, 1.807) is 0 Å². The molecule has 0 aliphatic carbocycles. The van der Waals surface area contributed by atoms with E-state index >= 15 is 0 Å². The van der Waals surface area contributed by atoms with Crippen LogP contribution in [-0.2, 0) is 16.4 Å². The Balaban J connectivity index is 1.35. The van der Waals surface area contributed by atoms with E-state index in [2.05, 4.69) is 33.1 Å². The molecule has 8 heteroatoms. The standard InChI is InChI=1S/C23H36N4O2S2/c1-2-3-4-5-6-10-17-31(28,29)24-19-21-13-15-27(16-14-21)23-25-22(26-30-23)18-20-11-8-7-9-12-20/h7-9,11-12,21,24H,2-6,10,13-19H2,1H3. The molecule has 1 aromatic heterocycles. The minimum Gasteiger partial charge on any atom is -0.347 e. The summed E-state index contributed by atoms with van der Waals surface area (Å²) in [5.74, 6) is 1.52. The Labute approximate surface area is 191 Å². The maximum atomic E-state index is 12.3. The zero-order chi connectivity index (χ0) is 21.9. The number of nitrogens with one attached hydrogen (secondary N) is 1. The molecule has 172 valence electrons. The fourth-order valence-corrected chi connectivity index (χ4v) is 5.90.